The van der Waals surface area contributed by atoms with Gasteiger partial charge in [0.1, 0.15) is 0 Å². The average molecular weight is 196 g/mol. The van der Waals surface area contributed by atoms with E-state index in [1.165, 1.54) is 18.4 Å². The van der Waals surface area contributed by atoms with Gasteiger partial charge in [-0.3, -0.25) is 0 Å². The van der Waals surface area contributed by atoms with E-state index in [1.807, 2.05) is 0 Å². The molecule has 80 valence electrons. The number of rotatable bonds is 1. The van der Waals surface area contributed by atoms with Gasteiger partial charge in [0.05, 0.1) is 13.2 Å². The fourth-order valence-electron chi connectivity index (χ4n) is 2.35. The van der Waals surface area contributed by atoms with E-state index in [-0.39, 0.29) is 11.2 Å². The lowest BCUT2D eigenvalue weighted by molar-refractivity contribution is -0.222. The molecule has 14 heavy (non-hydrogen) atoms. The Labute approximate surface area is 86.3 Å². The van der Waals surface area contributed by atoms with E-state index in [1.54, 1.807) is 0 Å². The van der Waals surface area contributed by atoms with E-state index < -0.39 is 0 Å². The minimum atomic E-state index is -0.357. The molecular formula is C12H20O2. The van der Waals surface area contributed by atoms with Gasteiger partial charge in [-0.05, 0) is 33.1 Å². The lowest BCUT2D eigenvalue weighted by Crippen LogP contribution is -2.45. The lowest BCUT2D eigenvalue weighted by atomic mass is 9.71. The van der Waals surface area contributed by atoms with Crippen molar-refractivity contribution in [3.8, 4) is 0 Å². The van der Waals surface area contributed by atoms with Crippen LogP contribution in [0.15, 0.2) is 11.6 Å². The van der Waals surface area contributed by atoms with Gasteiger partial charge < -0.3 is 9.47 Å². The summed E-state index contributed by atoms with van der Waals surface area (Å²) in [6, 6.07) is 0. The van der Waals surface area contributed by atoms with Crippen LogP contribution in [0.4, 0.5) is 0 Å². The maximum absolute atomic E-state index is 5.77. The molecule has 1 atom stereocenters. The van der Waals surface area contributed by atoms with E-state index in [0.29, 0.717) is 0 Å². The van der Waals surface area contributed by atoms with Crippen molar-refractivity contribution in [1.82, 2.24) is 0 Å². The summed E-state index contributed by atoms with van der Waals surface area (Å²) >= 11 is 0. The first-order chi connectivity index (χ1) is 6.56. The summed E-state index contributed by atoms with van der Waals surface area (Å²) in [7, 11) is 0. The third kappa shape index (κ3) is 1.51. The molecule has 1 fully saturated rings. The molecule has 0 radical (unpaired) electrons. The van der Waals surface area contributed by atoms with Gasteiger partial charge in [-0.25, -0.2) is 0 Å². The Morgan fingerprint density at radius 2 is 1.86 bits per heavy atom. The fraction of sp³-hybridized carbons (Fsp3) is 0.833. The van der Waals surface area contributed by atoms with Crippen molar-refractivity contribution in [3.63, 3.8) is 0 Å². The van der Waals surface area contributed by atoms with Crippen LogP contribution in [0.1, 0.15) is 40.0 Å². The molecule has 1 saturated heterocycles. The predicted molar refractivity (Wildman–Crippen MR) is 56.0 cm³/mol. The highest BCUT2D eigenvalue weighted by Crippen LogP contribution is 2.47. The van der Waals surface area contributed by atoms with Gasteiger partial charge in [0.25, 0.3) is 0 Å². The molecule has 1 unspecified atom stereocenters. The number of hydrogen-bond donors (Lipinski definition) is 0. The van der Waals surface area contributed by atoms with Crippen LogP contribution in [0, 0.1) is 5.41 Å². The van der Waals surface area contributed by atoms with Crippen molar-refractivity contribution in [2.45, 2.75) is 45.8 Å². The molecule has 2 nitrogen and oxygen atoms in total. The van der Waals surface area contributed by atoms with Crippen LogP contribution in [0.5, 0.6) is 0 Å². The Bertz CT molecular complexity index is 251. The molecule has 0 N–H and O–H groups in total. The van der Waals surface area contributed by atoms with E-state index in [2.05, 4.69) is 26.8 Å². The molecule has 0 bridgehead atoms. The molecule has 0 aromatic heterocycles. The zero-order chi connectivity index (χ0) is 10.2. The Morgan fingerprint density at radius 3 is 2.36 bits per heavy atom. The maximum Gasteiger partial charge on any atom is 0.171 e. The van der Waals surface area contributed by atoms with Crippen LogP contribution >= 0.6 is 0 Å². The largest absolute Gasteiger partial charge is 0.347 e. The average Bonchev–Trinajstić information content (AvgIpc) is 2.60. The van der Waals surface area contributed by atoms with E-state index in [4.69, 9.17) is 9.47 Å². The first kappa shape index (κ1) is 10.2. The molecule has 1 aliphatic carbocycles. The molecule has 0 saturated carbocycles. The number of hydrogen-bond acceptors (Lipinski definition) is 2. The minimum absolute atomic E-state index is 0.156. The predicted octanol–water partition coefficient (Wildman–Crippen LogP) is 2.89. The highest BCUT2D eigenvalue weighted by molar-refractivity contribution is 5.09. The molecule has 0 aromatic carbocycles. The summed E-state index contributed by atoms with van der Waals surface area (Å²) in [5.74, 6) is -0.357. The van der Waals surface area contributed by atoms with Gasteiger partial charge in [0, 0.05) is 5.41 Å². The van der Waals surface area contributed by atoms with Crippen LogP contribution in [0.3, 0.4) is 0 Å². The second kappa shape index (κ2) is 3.35. The van der Waals surface area contributed by atoms with Crippen molar-refractivity contribution in [3.05, 3.63) is 11.6 Å². The first-order valence-corrected chi connectivity index (χ1v) is 5.49. The molecule has 1 heterocycles. The van der Waals surface area contributed by atoms with Crippen molar-refractivity contribution in [1.29, 1.82) is 0 Å². The van der Waals surface area contributed by atoms with Crippen molar-refractivity contribution in [2.75, 3.05) is 13.2 Å². The first-order valence-electron chi connectivity index (χ1n) is 5.49. The summed E-state index contributed by atoms with van der Waals surface area (Å²) in [5.41, 5.74) is 1.66. The summed E-state index contributed by atoms with van der Waals surface area (Å²) < 4.78 is 11.5. The monoisotopic (exact) mass is 196 g/mol. The smallest absolute Gasteiger partial charge is 0.171 e. The minimum Gasteiger partial charge on any atom is -0.347 e. The van der Waals surface area contributed by atoms with E-state index in [9.17, 15) is 0 Å². The highest BCUT2D eigenvalue weighted by Gasteiger charge is 2.49. The summed E-state index contributed by atoms with van der Waals surface area (Å²) in [4.78, 5) is 0. The van der Waals surface area contributed by atoms with E-state index in [0.717, 1.165) is 19.6 Å². The van der Waals surface area contributed by atoms with Gasteiger partial charge >= 0.3 is 0 Å². The zero-order valence-electron chi connectivity index (χ0n) is 9.43. The highest BCUT2D eigenvalue weighted by atomic mass is 16.7. The topological polar surface area (TPSA) is 18.5 Å². The second-order valence-corrected chi connectivity index (χ2v) is 4.96. The Balaban J connectivity index is 2.16. The molecule has 2 rings (SSSR count). The molecule has 0 spiro atoms. The quantitative estimate of drug-likeness (QED) is 0.600. The van der Waals surface area contributed by atoms with Crippen molar-refractivity contribution < 1.29 is 9.47 Å². The third-order valence-corrected chi connectivity index (χ3v) is 3.91. The Kier molecular flexibility index (Phi) is 2.44. The van der Waals surface area contributed by atoms with Gasteiger partial charge in [0.2, 0.25) is 0 Å². The standard InChI is InChI=1S/C12H20O2/c1-10-4-6-11(2,7-5-10)12(3)13-8-9-14-12/h4H,5-9H2,1-3H3. The Hall–Kier alpha value is -0.340. The van der Waals surface area contributed by atoms with Crippen LogP contribution in [-0.4, -0.2) is 19.0 Å². The number of allylic oxidation sites excluding steroid dienone is 2. The van der Waals surface area contributed by atoms with Gasteiger partial charge in [-0.1, -0.05) is 18.6 Å². The van der Waals surface area contributed by atoms with Crippen molar-refractivity contribution >= 4 is 0 Å². The van der Waals surface area contributed by atoms with Gasteiger partial charge in [0.15, 0.2) is 5.79 Å². The molecule has 2 aliphatic rings. The van der Waals surface area contributed by atoms with Crippen molar-refractivity contribution in [2.24, 2.45) is 5.41 Å². The van der Waals surface area contributed by atoms with Gasteiger partial charge in [-0.2, -0.15) is 0 Å². The SMILES string of the molecule is CC1=CCC(C)(C2(C)OCCO2)CC1. The Morgan fingerprint density at radius 1 is 1.21 bits per heavy atom. The number of ether oxygens (including phenoxy) is 2. The summed E-state index contributed by atoms with van der Waals surface area (Å²) in [6.45, 7) is 8.07. The van der Waals surface area contributed by atoms with Crippen LogP contribution in [0.2, 0.25) is 0 Å². The van der Waals surface area contributed by atoms with E-state index >= 15 is 0 Å². The molecule has 0 amide bonds. The van der Waals surface area contributed by atoms with Crippen LogP contribution in [0.25, 0.3) is 0 Å². The molecular weight excluding hydrogens is 176 g/mol. The fourth-order valence-corrected chi connectivity index (χ4v) is 2.35. The normalized spacial score (nSPS) is 36.9. The third-order valence-electron chi connectivity index (χ3n) is 3.91. The maximum atomic E-state index is 5.77. The molecule has 0 aromatic rings. The second-order valence-electron chi connectivity index (χ2n) is 4.96. The summed E-state index contributed by atoms with van der Waals surface area (Å²) in [6.07, 6.45) is 5.76. The summed E-state index contributed by atoms with van der Waals surface area (Å²) in [5, 5.41) is 0. The lowest BCUT2D eigenvalue weighted by Gasteiger charge is -2.43. The zero-order valence-corrected chi connectivity index (χ0v) is 9.43. The molecule has 2 heteroatoms. The van der Waals surface area contributed by atoms with Crippen LogP contribution in [-0.2, 0) is 9.47 Å². The van der Waals surface area contributed by atoms with Gasteiger partial charge in [-0.15, -0.1) is 0 Å². The molecule has 1 aliphatic heterocycles. The van der Waals surface area contributed by atoms with Crippen LogP contribution < -0.4 is 0 Å².